The summed E-state index contributed by atoms with van der Waals surface area (Å²) in [6, 6.07) is 26.8. The van der Waals surface area contributed by atoms with Gasteiger partial charge in [-0.15, -0.1) is 0 Å². The van der Waals surface area contributed by atoms with Gasteiger partial charge >= 0.3 is 0 Å². The quantitative estimate of drug-likeness (QED) is 0.387. The lowest BCUT2D eigenvalue weighted by Gasteiger charge is -2.30. The highest BCUT2D eigenvalue weighted by Gasteiger charge is 2.33. The number of nitrogens with one attached hydrogen (secondary N) is 2. The Morgan fingerprint density at radius 1 is 0.741 bits per heavy atom. The molecule has 4 heteroatoms. The minimum Gasteiger partial charge on any atom is -0.387 e. The molecule has 0 aliphatic heterocycles. The Hall–Kier alpha value is -2.92. The van der Waals surface area contributed by atoms with Crippen molar-refractivity contribution in [2.24, 2.45) is 0 Å². The fraction of sp³-hybridized carbons (Fsp3) is 0.130. The number of aromatic nitrogens is 1. The molecule has 3 atom stereocenters. The average Bonchev–Trinajstić information content (AvgIpc) is 3.16. The topological polar surface area (TPSA) is 68.3 Å². The number of aliphatic hydroxyl groups excluding tert-OH is 1. The zero-order chi connectivity index (χ0) is 18.6. The van der Waals surface area contributed by atoms with Gasteiger partial charge in [0.25, 0.3) is 0 Å². The number of hydroxylamine groups is 1. The summed E-state index contributed by atoms with van der Waals surface area (Å²) in [6.07, 6.45) is 1.08. The SMILES string of the molecule is ON[C@@H]([C@H](c1ccccc1)c1c[nH]c2ccccc12)[C@@H](O)c1ccccc1. The van der Waals surface area contributed by atoms with Crippen molar-refractivity contribution in [1.82, 2.24) is 10.5 Å². The van der Waals surface area contributed by atoms with Gasteiger partial charge in [-0.2, -0.15) is 5.48 Å². The Morgan fingerprint density at radius 3 is 2.00 bits per heavy atom. The van der Waals surface area contributed by atoms with Crippen molar-refractivity contribution in [3.05, 3.63) is 108 Å². The van der Waals surface area contributed by atoms with Crippen molar-refractivity contribution in [1.29, 1.82) is 0 Å². The molecular weight excluding hydrogens is 336 g/mol. The molecule has 136 valence electrons. The maximum Gasteiger partial charge on any atom is 0.0975 e. The van der Waals surface area contributed by atoms with E-state index in [1.165, 1.54) is 0 Å². The van der Waals surface area contributed by atoms with Crippen LogP contribution < -0.4 is 5.48 Å². The van der Waals surface area contributed by atoms with Crippen LogP contribution in [-0.2, 0) is 0 Å². The van der Waals surface area contributed by atoms with Gasteiger partial charge in [-0.25, -0.2) is 0 Å². The van der Waals surface area contributed by atoms with Crippen LogP contribution in [0.1, 0.15) is 28.7 Å². The van der Waals surface area contributed by atoms with Crippen LogP contribution in [0.5, 0.6) is 0 Å². The van der Waals surface area contributed by atoms with E-state index in [9.17, 15) is 10.3 Å². The molecule has 3 aromatic carbocycles. The van der Waals surface area contributed by atoms with Gasteiger partial charge in [0.05, 0.1) is 12.1 Å². The van der Waals surface area contributed by atoms with Crippen LogP contribution in [0, 0.1) is 0 Å². The summed E-state index contributed by atoms with van der Waals surface area (Å²) < 4.78 is 0. The third kappa shape index (κ3) is 3.38. The molecule has 1 aromatic heterocycles. The summed E-state index contributed by atoms with van der Waals surface area (Å²) in [5.74, 6) is -0.248. The van der Waals surface area contributed by atoms with Crippen LogP contribution in [0.3, 0.4) is 0 Å². The molecule has 4 N–H and O–H groups in total. The van der Waals surface area contributed by atoms with Crippen LogP contribution in [0.25, 0.3) is 10.9 Å². The second-order valence-corrected chi connectivity index (χ2v) is 6.69. The average molecular weight is 358 g/mol. The number of aromatic amines is 1. The van der Waals surface area contributed by atoms with E-state index < -0.39 is 12.1 Å². The lowest BCUT2D eigenvalue weighted by atomic mass is 9.81. The second kappa shape index (κ2) is 7.76. The van der Waals surface area contributed by atoms with E-state index in [2.05, 4.69) is 16.5 Å². The number of hydrogen-bond donors (Lipinski definition) is 4. The summed E-state index contributed by atoms with van der Waals surface area (Å²) in [4.78, 5) is 3.31. The predicted octanol–water partition coefficient (Wildman–Crippen LogP) is 4.38. The van der Waals surface area contributed by atoms with E-state index in [0.717, 1.165) is 27.6 Å². The second-order valence-electron chi connectivity index (χ2n) is 6.69. The lowest BCUT2D eigenvalue weighted by Crippen LogP contribution is -2.38. The van der Waals surface area contributed by atoms with Crippen LogP contribution in [0.4, 0.5) is 0 Å². The molecule has 4 nitrogen and oxygen atoms in total. The zero-order valence-electron chi connectivity index (χ0n) is 14.8. The maximum atomic E-state index is 11.1. The van der Waals surface area contributed by atoms with Gasteiger partial charge < -0.3 is 15.3 Å². The Balaban J connectivity index is 1.85. The molecule has 4 rings (SSSR count). The lowest BCUT2D eigenvalue weighted by molar-refractivity contribution is 0.0317. The Labute approximate surface area is 158 Å². The molecule has 4 aromatic rings. The summed E-state index contributed by atoms with van der Waals surface area (Å²) in [6.45, 7) is 0. The van der Waals surface area contributed by atoms with Gasteiger partial charge in [-0.1, -0.05) is 78.9 Å². The first-order valence-corrected chi connectivity index (χ1v) is 9.03. The van der Waals surface area contributed by atoms with Gasteiger partial charge in [0, 0.05) is 23.0 Å². The monoisotopic (exact) mass is 358 g/mol. The highest BCUT2D eigenvalue weighted by Crippen LogP contribution is 2.37. The standard InChI is InChI=1S/C23H22N2O2/c26-23(17-11-5-2-6-12-17)22(25-27)21(16-9-3-1-4-10-16)19-15-24-20-14-8-7-13-18(19)20/h1-15,21-27H/t21-,22+,23+/m1/s1. The van der Waals surface area contributed by atoms with Crippen molar-refractivity contribution in [3.8, 4) is 0 Å². The summed E-state index contributed by atoms with van der Waals surface area (Å²) in [5, 5.41) is 22.2. The van der Waals surface area contributed by atoms with E-state index in [1.54, 1.807) is 0 Å². The Morgan fingerprint density at radius 2 is 1.33 bits per heavy atom. The minimum atomic E-state index is -0.880. The van der Waals surface area contributed by atoms with Crippen molar-refractivity contribution in [2.45, 2.75) is 18.1 Å². The van der Waals surface area contributed by atoms with Gasteiger partial charge in [0.1, 0.15) is 0 Å². The molecule has 0 fully saturated rings. The molecule has 0 radical (unpaired) electrons. The Kier molecular flexibility index (Phi) is 5.03. The van der Waals surface area contributed by atoms with E-state index in [1.807, 2.05) is 85.1 Å². The van der Waals surface area contributed by atoms with Crippen LogP contribution in [0.15, 0.2) is 91.1 Å². The maximum absolute atomic E-state index is 11.1. The van der Waals surface area contributed by atoms with Gasteiger partial charge in [0.2, 0.25) is 0 Å². The first kappa shape index (κ1) is 17.5. The first-order chi connectivity index (χ1) is 13.3. The Bertz CT molecular complexity index is 999. The number of H-pyrrole nitrogens is 1. The van der Waals surface area contributed by atoms with Crippen LogP contribution >= 0.6 is 0 Å². The zero-order valence-corrected chi connectivity index (χ0v) is 14.8. The van der Waals surface area contributed by atoms with Gasteiger partial charge in [0.15, 0.2) is 0 Å². The highest BCUT2D eigenvalue weighted by molar-refractivity contribution is 5.84. The number of rotatable bonds is 6. The molecule has 27 heavy (non-hydrogen) atoms. The summed E-state index contributed by atoms with van der Waals surface area (Å²) >= 11 is 0. The van der Waals surface area contributed by atoms with Gasteiger partial charge in [-0.05, 0) is 22.8 Å². The molecule has 0 unspecified atom stereocenters. The predicted molar refractivity (Wildman–Crippen MR) is 107 cm³/mol. The number of benzene rings is 3. The van der Waals surface area contributed by atoms with Crippen LogP contribution in [0.2, 0.25) is 0 Å². The van der Waals surface area contributed by atoms with E-state index in [0.29, 0.717) is 0 Å². The smallest absolute Gasteiger partial charge is 0.0975 e. The first-order valence-electron chi connectivity index (χ1n) is 9.03. The van der Waals surface area contributed by atoms with Crippen molar-refractivity contribution < 1.29 is 10.3 Å². The normalized spacial score (nSPS) is 14.7. The molecule has 0 aliphatic carbocycles. The number of fused-ring (bicyclic) bond motifs is 1. The van der Waals surface area contributed by atoms with Crippen LogP contribution in [-0.4, -0.2) is 21.3 Å². The van der Waals surface area contributed by atoms with E-state index >= 15 is 0 Å². The summed E-state index contributed by atoms with van der Waals surface area (Å²) in [5.41, 5.74) is 6.21. The number of aliphatic hydroxyl groups is 1. The third-order valence-electron chi connectivity index (χ3n) is 5.10. The van der Waals surface area contributed by atoms with Crippen molar-refractivity contribution in [3.63, 3.8) is 0 Å². The highest BCUT2D eigenvalue weighted by atomic mass is 16.5. The van der Waals surface area contributed by atoms with E-state index in [-0.39, 0.29) is 5.92 Å². The van der Waals surface area contributed by atoms with Crippen molar-refractivity contribution in [2.75, 3.05) is 0 Å². The fourth-order valence-electron chi connectivity index (χ4n) is 3.78. The van der Waals surface area contributed by atoms with Crippen molar-refractivity contribution >= 4 is 10.9 Å². The fourth-order valence-corrected chi connectivity index (χ4v) is 3.78. The molecule has 1 heterocycles. The molecule has 0 aliphatic rings. The third-order valence-corrected chi connectivity index (χ3v) is 5.10. The molecule has 0 saturated heterocycles. The van der Waals surface area contributed by atoms with E-state index in [4.69, 9.17) is 0 Å². The largest absolute Gasteiger partial charge is 0.387 e. The number of para-hydroxylation sites is 1. The summed E-state index contributed by atoms with van der Waals surface area (Å²) in [7, 11) is 0. The molecule has 0 amide bonds. The molecular formula is C23H22N2O2. The molecule has 0 saturated carbocycles. The molecule has 0 bridgehead atoms. The number of hydrogen-bond acceptors (Lipinski definition) is 3. The minimum absolute atomic E-state index is 0.248. The van der Waals surface area contributed by atoms with Gasteiger partial charge in [-0.3, -0.25) is 0 Å². The molecule has 0 spiro atoms.